The average molecular weight is 479 g/mol. The van der Waals surface area contributed by atoms with Crippen LogP contribution in [0.15, 0.2) is 0 Å². The van der Waals surface area contributed by atoms with Crippen molar-refractivity contribution < 1.29 is 0 Å². The summed E-state index contributed by atoms with van der Waals surface area (Å²) in [6, 6.07) is 0. The van der Waals surface area contributed by atoms with Crippen LogP contribution < -0.4 is 0 Å². The highest BCUT2D eigenvalue weighted by molar-refractivity contribution is 4.52. The zero-order valence-corrected chi connectivity index (χ0v) is 16.7. The van der Waals surface area contributed by atoms with E-state index in [-0.39, 0.29) is 89.1 Å². The molecule has 0 spiro atoms. The van der Waals surface area contributed by atoms with Gasteiger partial charge in [-0.05, 0) is 36.0 Å². The molecular formula is C32H94. The first-order chi connectivity index (χ1) is 9.11. The summed E-state index contributed by atoms with van der Waals surface area (Å²) in [4.78, 5) is 0. The molecule has 0 saturated carbocycles. The third-order valence-corrected chi connectivity index (χ3v) is 4.17. The molecule has 0 aromatic rings. The Kier molecular flexibility index (Phi) is 257. The summed E-state index contributed by atoms with van der Waals surface area (Å²) in [7, 11) is 0. The molecule has 0 heterocycles. The van der Waals surface area contributed by atoms with Gasteiger partial charge < -0.3 is 0 Å². The fourth-order valence-corrected chi connectivity index (χ4v) is 1.44. The topological polar surface area (TPSA) is 0 Å². The van der Waals surface area contributed by atoms with E-state index >= 15 is 0 Å². The summed E-state index contributed by atoms with van der Waals surface area (Å²) in [6.45, 7) is 24.9. The van der Waals surface area contributed by atoms with Crippen LogP contribution in [0, 0.1) is 29.6 Å². The monoisotopic (exact) mass is 479 g/mol. The van der Waals surface area contributed by atoms with Gasteiger partial charge in [0.05, 0.1) is 0 Å². The maximum absolute atomic E-state index is 2.32. The number of hydrogen-bond acceptors (Lipinski definition) is 0. The first-order valence-electron chi connectivity index (χ1n) is 9.11. The largest absolute Gasteiger partial charge is 0.0776 e. The lowest BCUT2D eigenvalue weighted by molar-refractivity contribution is 0.407. The van der Waals surface area contributed by atoms with Crippen LogP contribution in [-0.2, 0) is 0 Å². The molecule has 2 atom stereocenters. The second-order valence-electron chi connectivity index (χ2n) is 7.57. The molecule has 2 unspecified atom stereocenters. The van der Waals surface area contributed by atoms with Gasteiger partial charge in [-0.3, -0.25) is 0 Å². The molecule has 0 aliphatic rings. The average Bonchev–Trinajstić information content (AvgIpc) is 2.38. The Morgan fingerprint density at radius 2 is 0.625 bits per heavy atom. The number of rotatable bonds is 6. The molecule has 0 radical (unpaired) electrons. The zero-order chi connectivity index (χ0) is 16.7. The Bertz CT molecular complexity index is 155. The quantitative estimate of drug-likeness (QED) is 0.356. The Balaban J connectivity index is -0.00000000889. The van der Waals surface area contributed by atoms with Gasteiger partial charge >= 0.3 is 0 Å². The molecule has 0 aliphatic heterocycles. The Morgan fingerprint density at radius 1 is 0.375 bits per heavy atom. The van der Waals surface area contributed by atoms with Crippen molar-refractivity contribution in [2.45, 2.75) is 191 Å². The zero-order valence-electron chi connectivity index (χ0n) is 16.7. The van der Waals surface area contributed by atoms with Crippen LogP contribution in [0.5, 0.6) is 0 Å². The minimum Gasteiger partial charge on any atom is -0.0776 e. The van der Waals surface area contributed by atoms with Crippen LogP contribution in [0.4, 0.5) is 0 Å². The Labute approximate surface area is 220 Å². The van der Waals surface area contributed by atoms with Crippen LogP contribution in [0.2, 0.25) is 0 Å². The first-order valence-corrected chi connectivity index (χ1v) is 9.11. The van der Waals surface area contributed by atoms with Gasteiger partial charge in [0.15, 0.2) is 0 Å². The van der Waals surface area contributed by atoms with E-state index in [2.05, 4.69) is 76.2 Å². The van der Waals surface area contributed by atoms with Gasteiger partial charge in [0, 0.05) is 0 Å². The minimum atomic E-state index is 0. The van der Waals surface area contributed by atoms with Crippen LogP contribution in [0.25, 0.3) is 0 Å². The lowest BCUT2D eigenvalue weighted by Crippen LogP contribution is -2.00. The summed E-state index contributed by atoms with van der Waals surface area (Å²) in [5.41, 5.74) is 0. The molecule has 0 aromatic carbocycles. The lowest BCUT2D eigenvalue weighted by atomic mass is 9.96. The summed E-state index contributed by atoms with van der Waals surface area (Å²) < 4.78 is 0. The smallest absolute Gasteiger partial charge is 0.0422 e. The van der Waals surface area contributed by atoms with Crippen molar-refractivity contribution in [3.63, 3.8) is 0 Å². The predicted octanol–water partition coefficient (Wildman–Crippen LogP) is 15.5. The molecule has 0 saturated heterocycles. The van der Waals surface area contributed by atoms with E-state index in [1.807, 2.05) is 0 Å². The van der Waals surface area contributed by atoms with Gasteiger partial charge in [-0.1, -0.05) is 185 Å². The standard InChI is InChI=1S/C8H18.C7H16.C5H12.12CH4/c1-5-8(4)6-7(2)3;1-5-7(4)6(2)3;1-4-5(2)3;;;;;;;;;;;;/h7-8H,5-6H2,1-4H3;6-7H,5H2,1-4H3;5H,4H2,1-3H3;12*1H4. The van der Waals surface area contributed by atoms with Gasteiger partial charge in [-0.2, -0.15) is 0 Å². The van der Waals surface area contributed by atoms with Crippen LogP contribution in [-0.4, -0.2) is 0 Å². The Hall–Kier alpha value is 0. The first kappa shape index (κ1) is 106. The molecule has 0 aliphatic carbocycles. The highest BCUT2D eigenvalue weighted by Gasteiger charge is 2.01. The minimum absolute atomic E-state index is 0. The van der Waals surface area contributed by atoms with E-state index in [1.54, 1.807) is 0 Å². The highest BCUT2D eigenvalue weighted by Crippen LogP contribution is 2.13. The van der Waals surface area contributed by atoms with E-state index in [9.17, 15) is 0 Å². The molecule has 0 rings (SSSR count). The van der Waals surface area contributed by atoms with Crippen molar-refractivity contribution in [2.24, 2.45) is 29.6 Å². The van der Waals surface area contributed by atoms with E-state index in [0.717, 1.165) is 29.6 Å². The molecule has 0 N–H and O–H groups in total. The molecule has 0 bridgehead atoms. The maximum atomic E-state index is 2.32. The third-order valence-electron chi connectivity index (χ3n) is 4.17. The molecule has 0 aromatic heterocycles. The van der Waals surface area contributed by atoms with Crippen molar-refractivity contribution >= 4 is 0 Å². The fraction of sp³-hybridized carbons (Fsp3) is 1.00. The molecular weight excluding hydrogens is 384 g/mol. The Morgan fingerprint density at radius 3 is 0.656 bits per heavy atom. The van der Waals surface area contributed by atoms with Crippen molar-refractivity contribution in [1.29, 1.82) is 0 Å². The van der Waals surface area contributed by atoms with E-state index < -0.39 is 0 Å². The lowest BCUT2D eigenvalue weighted by Gasteiger charge is -2.10. The molecule has 32 heavy (non-hydrogen) atoms. The summed E-state index contributed by atoms with van der Waals surface area (Å²) in [6.07, 6.45) is 5.34. The predicted molar refractivity (Wildman–Crippen MR) is 179 cm³/mol. The molecule has 0 fully saturated rings. The molecule has 0 heteroatoms. The van der Waals surface area contributed by atoms with Gasteiger partial charge in [0.1, 0.15) is 0 Å². The summed E-state index contributed by atoms with van der Waals surface area (Å²) >= 11 is 0. The molecule has 0 nitrogen and oxygen atoms in total. The molecule has 222 valence electrons. The van der Waals surface area contributed by atoms with Crippen molar-refractivity contribution in [1.82, 2.24) is 0 Å². The normalized spacial score (nSPS) is 8.44. The van der Waals surface area contributed by atoms with Crippen LogP contribution in [0.3, 0.4) is 0 Å². The summed E-state index contributed by atoms with van der Waals surface area (Å²) in [5.74, 6) is 4.46. The molecule has 0 amide bonds. The van der Waals surface area contributed by atoms with Gasteiger partial charge in [-0.25, -0.2) is 0 Å². The second-order valence-corrected chi connectivity index (χ2v) is 7.57. The van der Waals surface area contributed by atoms with Crippen molar-refractivity contribution in [3.05, 3.63) is 0 Å². The second kappa shape index (κ2) is 77.3. The fourth-order valence-electron chi connectivity index (χ4n) is 1.44. The van der Waals surface area contributed by atoms with E-state index in [0.29, 0.717) is 0 Å². The van der Waals surface area contributed by atoms with E-state index in [4.69, 9.17) is 0 Å². The van der Waals surface area contributed by atoms with Gasteiger partial charge in [0.2, 0.25) is 0 Å². The number of hydrogen-bond donors (Lipinski definition) is 0. The van der Waals surface area contributed by atoms with Crippen LogP contribution >= 0.6 is 0 Å². The van der Waals surface area contributed by atoms with E-state index in [1.165, 1.54) is 25.7 Å². The maximum Gasteiger partial charge on any atom is -0.0422 e. The summed E-state index contributed by atoms with van der Waals surface area (Å²) in [5, 5.41) is 0. The van der Waals surface area contributed by atoms with Crippen LogP contribution in [0.1, 0.15) is 191 Å². The van der Waals surface area contributed by atoms with Gasteiger partial charge in [0.25, 0.3) is 0 Å². The third kappa shape index (κ3) is 129. The highest BCUT2D eigenvalue weighted by atomic mass is 14.1. The SMILES string of the molecule is C.C.C.C.C.C.C.C.C.C.C.C.CCC(C)C.CCC(C)C(C)C.CCC(C)CC(C)C. The van der Waals surface area contributed by atoms with Gasteiger partial charge in [-0.15, -0.1) is 0 Å². The van der Waals surface area contributed by atoms with Crippen molar-refractivity contribution in [2.75, 3.05) is 0 Å². The van der Waals surface area contributed by atoms with Crippen molar-refractivity contribution in [3.8, 4) is 0 Å².